The summed E-state index contributed by atoms with van der Waals surface area (Å²) in [5.41, 5.74) is -0.430. The van der Waals surface area contributed by atoms with Gasteiger partial charge in [0.2, 0.25) is 0 Å². The van der Waals surface area contributed by atoms with Crippen molar-refractivity contribution < 1.29 is 31.8 Å². The minimum atomic E-state index is -4.93. The Morgan fingerprint density at radius 3 is 2.32 bits per heavy atom. The first kappa shape index (κ1) is 15.8. The molecule has 0 radical (unpaired) electrons. The molecule has 3 nitrogen and oxygen atoms in total. The first-order chi connectivity index (χ1) is 10.3. The summed E-state index contributed by atoms with van der Waals surface area (Å²) in [4.78, 5) is 12.2. The van der Waals surface area contributed by atoms with Crippen molar-refractivity contribution in [3.63, 3.8) is 0 Å². The zero-order valence-corrected chi connectivity index (χ0v) is 11.3. The molecular weight excluding hydrogens is 304 g/mol. The second kappa shape index (κ2) is 6.05. The van der Waals surface area contributed by atoms with Crippen LogP contribution in [0.3, 0.4) is 0 Å². The quantitative estimate of drug-likeness (QED) is 0.633. The van der Waals surface area contributed by atoms with Crippen molar-refractivity contribution >= 4 is 5.78 Å². The molecule has 22 heavy (non-hydrogen) atoms. The molecule has 0 unspecified atom stereocenters. The van der Waals surface area contributed by atoms with Crippen LogP contribution in [0.15, 0.2) is 42.5 Å². The van der Waals surface area contributed by atoms with Gasteiger partial charge in [-0.1, -0.05) is 12.1 Å². The average molecular weight is 314 g/mol. The predicted octanol–water partition coefficient (Wildman–Crippen LogP) is 3.96. The van der Waals surface area contributed by atoms with E-state index < -0.39 is 23.7 Å². The molecule has 0 fully saturated rings. The standard InChI is InChI=1S/C15H10F4O3/c1-21-13-7-6-9(8-11(13)16)14(20)10-4-2-3-5-12(10)22-15(17,18)19/h2-8H,1H3. The Kier molecular flexibility index (Phi) is 4.35. The van der Waals surface area contributed by atoms with Crippen LogP contribution in [0.4, 0.5) is 17.6 Å². The van der Waals surface area contributed by atoms with E-state index >= 15 is 0 Å². The Bertz CT molecular complexity index is 695. The number of benzene rings is 2. The maximum absolute atomic E-state index is 13.6. The van der Waals surface area contributed by atoms with Crippen molar-refractivity contribution in [3.8, 4) is 11.5 Å². The minimum Gasteiger partial charge on any atom is -0.494 e. The zero-order chi connectivity index (χ0) is 16.3. The number of carbonyl (C=O) groups is 1. The summed E-state index contributed by atoms with van der Waals surface area (Å²) in [7, 11) is 1.26. The highest BCUT2D eigenvalue weighted by Gasteiger charge is 2.33. The van der Waals surface area contributed by atoms with Gasteiger partial charge < -0.3 is 9.47 Å². The molecule has 0 spiro atoms. The highest BCUT2D eigenvalue weighted by Crippen LogP contribution is 2.28. The average Bonchev–Trinajstić information content (AvgIpc) is 2.45. The summed E-state index contributed by atoms with van der Waals surface area (Å²) in [5.74, 6) is -2.29. The van der Waals surface area contributed by atoms with Crippen LogP contribution < -0.4 is 9.47 Å². The van der Waals surface area contributed by atoms with Gasteiger partial charge in [0, 0.05) is 5.56 Å². The molecule has 0 bridgehead atoms. The molecule has 2 rings (SSSR count). The van der Waals surface area contributed by atoms with Gasteiger partial charge in [-0.15, -0.1) is 13.2 Å². The van der Waals surface area contributed by atoms with Crippen LogP contribution in [0.2, 0.25) is 0 Å². The first-order valence-corrected chi connectivity index (χ1v) is 6.05. The molecule has 2 aromatic carbocycles. The molecule has 0 amide bonds. The number of methoxy groups -OCH3 is 1. The van der Waals surface area contributed by atoms with Crippen LogP contribution in [0.1, 0.15) is 15.9 Å². The molecule has 0 saturated heterocycles. The zero-order valence-electron chi connectivity index (χ0n) is 11.3. The lowest BCUT2D eigenvalue weighted by Gasteiger charge is -2.12. The largest absolute Gasteiger partial charge is 0.573 e. The van der Waals surface area contributed by atoms with Crippen molar-refractivity contribution in [2.45, 2.75) is 6.36 Å². The van der Waals surface area contributed by atoms with E-state index in [1.807, 2.05) is 0 Å². The Balaban J connectivity index is 2.39. The molecule has 0 aliphatic heterocycles. The van der Waals surface area contributed by atoms with Gasteiger partial charge in [0.1, 0.15) is 5.75 Å². The number of rotatable bonds is 4. The van der Waals surface area contributed by atoms with Gasteiger partial charge >= 0.3 is 6.36 Å². The van der Waals surface area contributed by atoms with E-state index in [2.05, 4.69) is 4.74 Å². The van der Waals surface area contributed by atoms with E-state index in [0.717, 1.165) is 12.1 Å². The molecule has 0 saturated carbocycles. The lowest BCUT2D eigenvalue weighted by Crippen LogP contribution is -2.19. The van der Waals surface area contributed by atoms with E-state index in [1.165, 1.54) is 37.4 Å². The van der Waals surface area contributed by atoms with Crippen molar-refractivity contribution in [2.24, 2.45) is 0 Å². The van der Waals surface area contributed by atoms with Crippen molar-refractivity contribution in [3.05, 3.63) is 59.4 Å². The first-order valence-electron chi connectivity index (χ1n) is 6.05. The number of carbonyl (C=O) groups excluding carboxylic acids is 1. The number of ether oxygens (including phenoxy) is 2. The van der Waals surface area contributed by atoms with E-state index in [9.17, 15) is 22.4 Å². The van der Waals surface area contributed by atoms with Gasteiger partial charge in [-0.3, -0.25) is 4.79 Å². The number of alkyl halides is 3. The highest BCUT2D eigenvalue weighted by molar-refractivity contribution is 6.10. The minimum absolute atomic E-state index is 0.0728. The van der Waals surface area contributed by atoms with Gasteiger partial charge in [-0.25, -0.2) is 4.39 Å². The fraction of sp³-hybridized carbons (Fsp3) is 0.133. The van der Waals surface area contributed by atoms with Crippen LogP contribution in [-0.2, 0) is 0 Å². The van der Waals surface area contributed by atoms with Crippen molar-refractivity contribution in [1.82, 2.24) is 0 Å². The SMILES string of the molecule is COc1ccc(C(=O)c2ccccc2OC(F)(F)F)cc1F. The summed E-state index contributed by atoms with van der Waals surface area (Å²) in [6.07, 6.45) is -4.93. The Morgan fingerprint density at radius 1 is 1.05 bits per heavy atom. The fourth-order valence-electron chi connectivity index (χ4n) is 1.83. The molecule has 0 heterocycles. The highest BCUT2D eigenvalue weighted by atomic mass is 19.4. The van der Waals surface area contributed by atoms with Gasteiger partial charge in [0.05, 0.1) is 12.7 Å². The smallest absolute Gasteiger partial charge is 0.494 e. The molecule has 2 aromatic rings. The number of hydrogen-bond donors (Lipinski definition) is 0. The molecule has 7 heteroatoms. The van der Waals surface area contributed by atoms with Crippen LogP contribution in [0, 0.1) is 5.82 Å². The molecule has 0 aromatic heterocycles. The molecule has 0 atom stereocenters. The van der Waals surface area contributed by atoms with Gasteiger partial charge in [0.25, 0.3) is 0 Å². The predicted molar refractivity (Wildman–Crippen MR) is 69.5 cm³/mol. The van der Waals surface area contributed by atoms with E-state index in [4.69, 9.17) is 4.74 Å². The summed E-state index contributed by atoms with van der Waals surface area (Å²) in [5, 5.41) is 0. The third-order valence-corrected chi connectivity index (χ3v) is 2.77. The summed E-state index contributed by atoms with van der Waals surface area (Å²) < 4.78 is 59.2. The molecular formula is C15H10F4O3. The van der Waals surface area contributed by atoms with Crippen LogP contribution >= 0.6 is 0 Å². The summed E-state index contributed by atoms with van der Waals surface area (Å²) >= 11 is 0. The summed E-state index contributed by atoms with van der Waals surface area (Å²) in [6.45, 7) is 0. The second-order valence-corrected chi connectivity index (χ2v) is 4.22. The third kappa shape index (κ3) is 3.55. The van der Waals surface area contributed by atoms with E-state index in [1.54, 1.807) is 0 Å². The van der Waals surface area contributed by atoms with Gasteiger partial charge in [0.15, 0.2) is 17.3 Å². The molecule has 0 aliphatic rings. The molecule has 0 N–H and O–H groups in total. The van der Waals surface area contributed by atoms with E-state index in [0.29, 0.717) is 0 Å². The number of halogens is 4. The van der Waals surface area contributed by atoms with Crippen LogP contribution in [-0.4, -0.2) is 19.3 Å². The topological polar surface area (TPSA) is 35.5 Å². The second-order valence-electron chi connectivity index (χ2n) is 4.22. The van der Waals surface area contributed by atoms with Gasteiger partial charge in [-0.05, 0) is 30.3 Å². The number of hydrogen-bond acceptors (Lipinski definition) is 3. The Morgan fingerprint density at radius 2 is 1.73 bits per heavy atom. The third-order valence-electron chi connectivity index (χ3n) is 2.77. The monoisotopic (exact) mass is 314 g/mol. The fourth-order valence-corrected chi connectivity index (χ4v) is 1.83. The van der Waals surface area contributed by atoms with Crippen LogP contribution in [0.25, 0.3) is 0 Å². The maximum atomic E-state index is 13.6. The lowest BCUT2D eigenvalue weighted by molar-refractivity contribution is -0.274. The summed E-state index contributed by atoms with van der Waals surface area (Å²) in [6, 6.07) is 8.24. The Hall–Kier alpha value is -2.57. The number of ketones is 1. The maximum Gasteiger partial charge on any atom is 0.573 e. The van der Waals surface area contributed by atoms with E-state index in [-0.39, 0.29) is 16.9 Å². The normalized spacial score (nSPS) is 11.1. The van der Waals surface area contributed by atoms with Crippen molar-refractivity contribution in [2.75, 3.05) is 7.11 Å². The van der Waals surface area contributed by atoms with Crippen LogP contribution in [0.5, 0.6) is 11.5 Å². The molecule has 0 aliphatic carbocycles. The van der Waals surface area contributed by atoms with Crippen molar-refractivity contribution in [1.29, 1.82) is 0 Å². The lowest BCUT2D eigenvalue weighted by atomic mass is 10.0. The Labute approximate surface area is 123 Å². The number of para-hydroxylation sites is 1. The van der Waals surface area contributed by atoms with Gasteiger partial charge in [-0.2, -0.15) is 0 Å². The molecule has 116 valence electrons.